The fraction of sp³-hybridized carbons (Fsp3) is 0.488. The number of carbonyl (C=O) groups excluding carboxylic acids is 1. The van der Waals surface area contributed by atoms with Gasteiger partial charge in [0.05, 0.1) is 26.4 Å². The predicted molar refractivity (Wildman–Crippen MR) is 189 cm³/mol. The van der Waals surface area contributed by atoms with Crippen LogP contribution in [0.3, 0.4) is 0 Å². The van der Waals surface area contributed by atoms with E-state index >= 15 is 0 Å². The maximum absolute atomic E-state index is 12.0. The van der Waals surface area contributed by atoms with Crippen molar-refractivity contribution in [1.29, 1.82) is 0 Å². The molecule has 0 aliphatic rings. The lowest BCUT2D eigenvalue weighted by Gasteiger charge is -2.29. The van der Waals surface area contributed by atoms with E-state index in [0.29, 0.717) is 25.0 Å². The Balaban J connectivity index is 1.76. The average molecular weight is 629 g/mol. The summed E-state index contributed by atoms with van der Waals surface area (Å²) in [6.07, 6.45) is 10.5. The maximum Gasteiger partial charge on any atom is 0.333 e. The lowest BCUT2D eigenvalue weighted by Crippen LogP contribution is -2.31. The Kier molecular flexibility index (Phi) is 15.5. The highest BCUT2D eigenvalue weighted by molar-refractivity contribution is 5.86. The molecule has 3 aromatic rings. The van der Waals surface area contributed by atoms with Crippen LogP contribution in [0.15, 0.2) is 72.8 Å². The van der Waals surface area contributed by atoms with E-state index in [-0.39, 0.29) is 19.8 Å². The molecule has 0 saturated heterocycles. The van der Waals surface area contributed by atoms with Crippen molar-refractivity contribution in [3.63, 3.8) is 0 Å². The van der Waals surface area contributed by atoms with E-state index in [1.807, 2.05) is 6.07 Å². The molecule has 5 heteroatoms. The van der Waals surface area contributed by atoms with E-state index in [4.69, 9.17) is 9.47 Å². The highest BCUT2D eigenvalue weighted by atomic mass is 16.5. The SMILES string of the molecule is C=C(C)C(=O)OCCc1cc(-c2ccc(CCc3ccc(CCCCC)cc3)cc2CC)ccc1OCCC(CO)(CO)CCC. The summed E-state index contributed by atoms with van der Waals surface area (Å²) in [5, 5.41) is 19.9. The summed E-state index contributed by atoms with van der Waals surface area (Å²) in [5.74, 6) is 0.322. The first-order valence-corrected chi connectivity index (χ1v) is 17.3. The first kappa shape index (κ1) is 37.1. The monoisotopic (exact) mass is 628 g/mol. The highest BCUT2D eigenvalue weighted by Gasteiger charge is 2.28. The van der Waals surface area contributed by atoms with Crippen molar-refractivity contribution in [3.8, 4) is 16.9 Å². The van der Waals surface area contributed by atoms with Crippen molar-refractivity contribution in [2.24, 2.45) is 5.41 Å². The Bertz CT molecular complexity index is 1370. The van der Waals surface area contributed by atoms with Crippen LogP contribution in [0, 0.1) is 5.41 Å². The van der Waals surface area contributed by atoms with Gasteiger partial charge in [0.15, 0.2) is 0 Å². The largest absolute Gasteiger partial charge is 0.493 e. The molecule has 3 aromatic carbocycles. The molecule has 0 radical (unpaired) electrons. The molecule has 0 aliphatic heterocycles. The number of ether oxygens (including phenoxy) is 2. The number of rotatable bonds is 21. The summed E-state index contributed by atoms with van der Waals surface area (Å²) >= 11 is 0. The summed E-state index contributed by atoms with van der Waals surface area (Å²) in [4.78, 5) is 12.0. The molecule has 0 unspecified atom stereocenters. The van der Waals surface area contributed by atoms with Gasteiger partial charge in [-0.15, -0.1) is 0 Å². The van der Waals surface area contributed by atoms with Crippen LogP contribution in [0.5, 0.6) is 5.75 Å². The van der Waals surface area contributed by atoms with E-state index in [9.17, 15) is 15.0 Å². The molecule has 0 spiro atoms. The summed E-state index contributed by atoms with van der Waals surface area (Å²) < 4.78 is 11.7. The average Bonchev–Trinajstić information content (AvgIpc) is 3.07. The lowest BCUT2D eigenvalue weighted by molar-refractivity contribution is -0.138. The van der Waals surface area contributed by atoms with Gasteiger partial charge in [-0.25, -0.2) is 4.79 Å². The zero-order chi connectivity index (χ0) is 33.4. The predicted octanol–water partition coefficient (Wildman–Crippen LogP) is 8.64. The van der Waals surface area contributed by atoms with Gasteiger partial charge in [-0.2, -0.15) is 0 Å². The number of aliphatic hydroxyl groups excluding tert-OH is 2. The molecule has 2 N–H and O–H groups in total. The minimum Gasteiger partial charge on any atom is -0.493 e. The standard InChI is InChI=1S/C41H56O5/c1-6-9-10-11-32-12-14-33(15-13-32)16-17-34-18-20-38(35(8-3)27-34)36-19-21-39(37(28-36)22-25-46-40(44)31(4)5)45-26-24-41(29-42,30-43)23-7-2/h12-15,18-21,27-28,42-43H,4,6-11,16-17,22-26,29-30H2,1-3,5H3. The second-order valence-electron chi connectivity index (χ2n) is 12.8. The van der Waals surface area contributed by atoms with Gasteiger partial charge in [0.2, 0.25) is 0 Å². The van der Waals surface area contributed by atoms with Crippen molar-refractivity contribution in [1.82, 2.24) is 0 Å². The van der Waals surface area contributed by atoms with Crippen LogP contribution in [0.4, 0.5) is 0 Å². The second-order valence-corrected chi connectivity index (χ2v) is 12.8. The van der Waals surface area contributed by atoms with Crippen molar-refractivity contribution >= 4 is 5.97 Å². The molecule has 250 valence electrons. The number of esters is 1. The number of hydrogen-bond donors (Lipinski definition) is 2. The minimum atomic E-state index is -0.554. The van der Waals surface area contributed by atoms with E-state index in [0.717, 1.165) is 55.4 Å². The summed E-state index contributed by atoms with van der Waals surface area (Å²) in [6.45, 7) is 12.2. The van der Waals surface area contributed by atoms with Crippen molar-refractivity contribution < 1.29 is 24.5 Å². The van der Waals surface area contributed by atoms with E-state index in [1.54, 1.807) is 6.92 Å². The third-order valence-electron chi connectivity index (χ3n) is 9.01. The van der Waals surface area contributed by atoms with E-state index < -0.39 is 11.4 Å². The summed E-state index contributed by atoms with van der Waals surface area (Å²) in [6, 6.07) is 22.2. The van der Waals surface area contributed by atoms with Crippen LogP contribution in [-0.2, 0) is 41.6 Å². The van der Waals surface area contributed by atoms with Crippen LogP contribution in [-0.4, -0.2) is 42.6 Å². The number of aryl methyl sites for hydroxylation is 4. The molecule has 5 nitrogen and oxygen atoms in total. The van der Waals surface area contributed by atoms with Gasteiger partial charge in [-0.3, -0.25) is 0 Å². The van der Waals surface area contributed by atoms with Gasteiger partial charge in [0.25, 0.3) is 0 Å². The molecular formula is C41H56O5. The number of carbonyl (C=O) groups is 1. The number of aliphatic hydroxyl groups is 2. The van der Waals surface area contributed by atoms with Crippen LogP contribution in [0.2, 0.25) is 0 Å². The molecule has 0 atom stereocenters. The molecule has 0 aliphatic carbocycles. The number of benzene rings is 3. The highest BCUT2D eigenvalue weighted by Crippen LogP contribution is 2.32. The Labute approximate surface area is 277 Å². The van der Waals surface area contributed by atoms with Gasteiger partial charge in [0, 0.05) is 17.4 Å². The zero-order valence-electron chi connectivity index (χ0n) is 28.7. The van der Waals surface area contributed by atoms with Gasteiger partial charge < -0.3 is 19.7 Å². The third-order valence-corrected chi connectivity index (χ3v) is 9.01. The van der Waals surface area contributed by atoms with E-state index in [2.05, 4.69) is 81.9 Å². The first-order chi connectivity index (χ1) is 22.3. The minimum absolute atomic E-state index is 0.0788. The fourth-order valence-electron chi connectivity index (χ4n) is 5.98. The molecule has 0 heterocycles. The lowest BCUT2D eigenvalue weighted by atomic mass is 9.82. The van der Waals surface area contributed by atoms with Crippen molar-refractivity contribution in [2.45, 2.75) is 98.3 Å². The Morgan fingerprint density at radius 3 is 2.04 bits per heavy atom. The summed E-state index contributed by atoms with van der Waals surface area (Å²) in [7, 11) is 0. The van der Waals surface area contributed by atoms with Gasteiger partial charge >= 0.3 is 5.97 Å². The topological polar surface area (TPSA) is 76.0 Å². The van der Waals surface area contributed by atoms with Crippen LogP contribution >= 0.6 is 0 Å². The van der Waals surface area contributed by atoms with Crippen molar-refractivity contribution in [2.75, 3.05) is 26.4 Å². The Morgan fingerprint density at radius 1 is 0.739 bits per heavy atom. The van der Waals surface area contributed by atoms with Crippen LogP contribution in [0.1, 0.15) is 94.0 Å². The van der Waals surface area contributed by atoms with Crippen molar-refractivity contribution in [3.05, 3.63) is 101 Å². The molecule has 46 heavy (non-hydrogen) atoms. The molecule has 0 fully saturated rings. The van der Waals surface area contributed by atoms with Gasteiger partial charge in [-0.1, -0.05) is 95.1 Å². The molecule has 0 bridgehead atoms. The third kappa shape index (κ3) is 11.1. The molecule has 3 rings (SSSR count). The smallest absolute Gasteiger partial charge is 0.333 e. The quantitative estimate of drug-likeness (QED) is 0.0702. The number of unbranched alkanes of at least 4 members (excludes halogenated alkanes) is 2. The fourth-order valence-corrected chi connectivity index (χ4v) is 5.98. The van der Waals surface area contributed by atoms with Gasteiger partial charge in [0.1, 0.15) is 5.75 Å². The van der Waals surface area contributed by atoms with E-state index in [1.165, 1.54) is 47.1 Å². The first-order valence-electron chi connectivity index (χ1n) is 17.3. The normalized spacial score (nSPS) is 11.4. The Morgan fingerprint density at radius 2 is 1.41 bits per heavy atom. The summed E-state index contributed by atoms with van der Waals surface area (Å²) in [5.41, 5.74) is 8.50. The maximum atomic E-state index is 12.0. The molecule has 0 aromatic heterocycles. The molecular weight excluding hydrogens is 572 g/mol. The number of hydrogen-bond acceptors (Lipinski definition) is 5. The zero-order valence-corrected chi connectivity index (χ0v) is 28.7. The Hall–Kier alpha value is -3.41. The van der Waals surface area contributed by atoms with Crippen LogP contribution < -0.4 is 4.74 Å². The van der Waals surface area contributed by atoms with Crippen LogP contribution in [0.25, 0.3) is 11.1 Å². The second kappa shape index (κ2) is 19.3. The molecule has 0 amide bonds. The molecule has 0 saturated carbocycles. The van der Waals surface area contributed by atoms with Gasteiger partial charge in [-0.05, 0) is 103 Å².